The zero-order valence-corrected chi connectivity index (χ0v) is 63.8. The van der Waals surface area contributed by atoms with Crippen LogP contribution in [0.1, 0.15) is 203 Å². The predicted octanol–water partition coefficient (Wildman–Crippen LogP) is 21.4. The van der Waals surface area contributed by atoms with E-state index in [1.165, 1.54) is 10.8 Å². The Balaban J connectivity index is 0.981. The maximum absolute atomic E-state index is 14.8. The Bertz CT molecular complexity index is 4900. The molecule has 12 nitrogen and oxygen atoms in total. The van der Waals surface area contributed by atoms with Crippen molar-refractivity contribution in [2.45, 2.75) is 196 Å². The van der Waals surface area contributed by atoms with Crippen LogP contribution in [0.15, 0.2) is 158 Å². The molecule has 2 amide bonds. The summed E-state index contributed by atoms with van der Waals surface area (Å²) in [5.41, 5.74) is 7.80. The summed E-state index contributed by atoms with van der Waals surface area (Å²) in [6.45, 7) is 36.6. The Kier molecular flexibility index (Phi) is 18.8. The molecule has 0 fully saturated rings. The molecular formula is C92H98N2O10. The highest BCUT2D eigenvalue weighted by molar-refractivity contribution is 6.24. The third kappa shape index (κ3) is 15.4. The van der Waals surface area contributed by atoms with Gasteiger partial charge in [-0.15, -0.1) is 0 Å². The van der Waals surface area contributed by atoms with E-state index in [-0.39, 0.29) is 63.8 Å². The van der Waals surface area contributed by atoms with Gasteiger partial charge in [0, 0.05) is 61.0 Å². The molecule has 536 valence electrons. The molecule has 104 heavy (non-hydrogen) atoms. The number of hydrogen-bond donors (Lipinski definition) is 2. The van der Waals surface area contributed by atoms with Gasteiger partial charge in [0.15, 0.2) is 13.2 Å². The van der Waals surface area contributed by atoms with Crippen LogP contribution in [0.3, 0.4) is 0 Å². The maximum atomic E-state index is 14.8. The smallest absolute Gasteiger partial charge is 0.483 e. The van der Waals surface area contributed by atoms with Gasteiger partial charge in [0.2, 0.25) is 0 Å². The fourth-order valence-electron chi connectivity index (χ4n) is 14.6. The van der Waals surface area contributed by atoms with Crippen molar-refractivity contribution in [2.75, 3.05) is 13.2 Å². The van der Waals surface area contributed by atoms with E-state index >= 15 is 0 Å². The minimum Gasteiger partial charge on any atom is -0.483 e. The lowest BCUT2D eigenvalue weighted by molar-refractivity contribution is -0.124. The van der Waals surface area contributed by atoms with Crippen LogP contribution in [0.25, 0.3) is 64.6 Å². The van der Waals surface area contributed by atoms with E-state index in [1.807, 2.05) is 41.5 Å². The molecule has 0 spiro atoms. The topological polar surface area (TPSA) is 148 Å². The number of hydrogen-bond acceptors (Lipinski definition) is 10. The molecule has 0 saturated heterocycles. The summed E-state index contributed by atoms with van der Waals surface area (Å²) in [6.07, 6.45) is -1.14. The van der Waals surface area contributed by atoms with E-state index in [2.05, 4.69) is 251 Å². The quantitative estimate of drug-likeness (QED) is 0.0688. The molecule has 0 heterocycles. The molecule has 12 aromatic carbocycles. The van der Waals surface area contributed by atoms with Gasteiger partial charge in [0.05, 0.1) is 0 Å². The van der Waals surface area contributed by atoms with E-state index in [0.717, 1.165) is 109 Å². The van der Waals surface area contributed by atoms with E-state index in [1.54, 1.807) is 0 Å². The molecule has 8 bridgehead atoms. The number of nitrogens with one attached hydrogen (secondary N) is 2. The molecule has 0 aromatic heterocycles. The average molecular weight is 1390 g/mol. The van der Waals surface area contributed by atoms with Gasteiger partial charge in [-0.1, -0.05) is 241 Å². The Hall–Kier alpha value is -10.2. The highest BCUT2D eigenvalue weighted by Gasteiger charge is 2.33. The summed E-state index contributed by atoms with van der Waals surface area (Å²) in [7, 11) is 0. The minimum atomic E-state index is -0.916. The normalized spacial score (nSPS) is 13.2. The Morgan fingerprint density at radius 2 is 0.567 bits per heavy atom. The SMILES string of the molecule is CC(C)(C)OC(=O)Oc1c2cc(C(C)(C)C)cc1Cc1cc(C(C)(C)C)cc(c1OCC(=O)NCc1ccc3ccc4cccc5ccc1c3c45)Cc1cc(C(C)(C)C)cc(c1OC(=O)OC(C)(C)C)Cc1cc(C(C)(C)C)cc(c1OCC(=O)NCc1ccc3ccc4cccc5ccc1c3c45)C2. The molecule has 0 saturated carbocycles. The van der Waals surface area contributed by atoms with Crippen molar-refractivity contribution < 1.29 is 47.6 Å². The van der Waals surface area contributed by atoms with Crippen LogP contribution in [0.4, 0.5) is 9.59 Å². The molecule has 12 aromatic rings. The molecule has 12 heteroatoms. The van der Waals surface area contributed by atoms with Gasteiger partial charge in [-0.3, -0.25) is 9.59 Å². The first-order valence-electron chi connectivity index (χ1n) is 36.5. The lowest BCUT2D eigenvalue weighted by Crippen LogP contribution is -2.29. The van der Waals surface area contributed by atoms with Crippen LogP contribution in [0.5, 0.6) is 23.0 Å². The molecule has 0 atom stereocenters. The van der Waals surface area contributed by atoms with Crippen LogP contribution in [0, 0.1) is 0 Å². The number of ether oxygens (including phenoxy) is 6. The zero-order valence-electron chi connectivity index (χ0n) is 63.8. The molecule has 0 radical (unpaired) electrons. The van der Waals surface area contributed by atoms with Gasteiger partial charge in [-0.2, -0.15) is 0 Å². The van der Waals surface area contributed by atoms with Gasteiger partial charge in [-0.25, -0.2) is 9.59 Å². The van der Waals surface area contributed by atoms with Crippen molar-refractivity contribution in [3.05, 3.63) is 236 Å². The van der Waals surface area contributed by atoms with Crippen molar-refractivity contribution >= 4 is 88.8 Å². The van der Waals surface area contributed by atoms with Crippen molar-refractivity contribution in [2.24, 2.45) is 0 Å². The van der Waals surface area contributed by atoms with Gasteiger partial charge in [-0.05, 0) is 183 Å². The Morgan fingerprint density at radius 1 is 0.317 bits per heavy atom. The number of carbonyl (C=O) groups is 4. The van der Waals surface area contributed by atoms with E-state index in [9.17, 15) is 19.2 Å². The first-order valence-corrected chi connectivity index (χ1v) is 36.5. The molecule has 2 N–H and O–H groups in total. The van der Waals surface area contributed by atoms with Crippen molar-refractivity contribution in [1.82, 2.24) is 10.6 Å². The summed E-state index contributed by atoms with van der Waals surface area (Å²) in [5, 5.41) is 20.2. The first-order chi connectivity index (χ1) is 48.9. The first kappa shape index (κ1) is 72.2. The third-order valence-corrected chi connectivity index (χ3v) is 20.0. The van der Waals surface area contributed by atoms with Crippen molar-refractivity contribution in [3.63, 3.8) is 0 Å². The molecule has 13 rings (SSSR count). The monoisotopic (exact) mass is 1390 g/mol. The molecular weight excluding hydrogens is 1290 g/mol. The Labute approximate surface area is 611 Å². The van der Waals surface area contributed by atoms with E-state index in [0.29, 0.717) is 45.3 Å². The number of benzene rings is 12. The lowest BCUT2D eigenvalue weighted by Gasteiger charge is -2.29. The second-order valence-corrected chi connectivity index (χ2v) is 34.6. The fourth-order valence-corrected chi connectivity index (χ4v) is 14.6. The second-order valence-electron chi connectivity index (χ2n) is 34.6. The van der Waals surface area contributed by atoms with Crippen molar-refractivity contribution in [3.8, 4) is 23.0 Å². The van der Waals surface area contributed by atoms with E-state index < -0.39 is 45.2 Å². The third-order valence-electron chi connectivity index (χ3n) is 20.0. The second kappa shape index (κ2) is 27.1. The number of fused-ring (bicyclic) bond motifs is 8. The lowest BCUT2D eigenvalue weighted by atomic mass is 9.79. The summed E-state index contributed by atoms with van der Waals surface area (Å²) < 4.78 is 39.7. The van der Waals surface area contributed by atoms with Gasteiger partial charge >= 0.3 is 12.3 Å². The van der Waals surface area contributed by atoms with Crippen LogP contribution in [-0.4, -0.2) is 48.5 Å². The van der Waals surface area contributed by atoms with Gasteiger partial charge in [0.1, 0.15) is 34.2 Å². The largest absolute Gasteiger partial charge is 0.514 e. The Morgan fingerprint density at radius 3 is 0.837 bits per heavy atom. The summed E-state index contributed by atoms with van der Waals surface area (Å²) in [4.78, 5) is 58.8. The zero-order chi connectivity index (χ0) is 74.3. The molecule has 0 unspecified atom stereocenters. The standard InChI is InChI=1S/C92H98N2O10/c1-87(2,3)69-41-61-37-65-45-71(89(7,8)9)47-67(83(65)101-85(97)103-91(13,14)15)39-63-43-70(88(4,5)6)44-64(82(63)100-52-76(96)94-50-60-32-30-58-28-26-54-22-20-24-56-34-36-74(60)80(58)78(54)56)40-68-48-72(90(10,11)12)46-66(84(68)102-86(98)104-92(16,17)18)38-62(42-69)81(61)99-51-75(95)93-49-59-31-29-57-27-25-53-21-19-23-55-33-35-73(59)79(57)77(53)55/h19-36,41-48H,37-40,49-52H2,1-18H3,(H,93,95)(H,94,96). The summed E-state index contributed by atoms with van der Waals surface area (Å²) in [5.74, 6) is 0.836. The number of rotatable bonds is 12. The van der Waals surface area contributed by atoms with Crippen LogP contribution >= 0.6 is 0 Å². The van der Waals surface area contributed by atoms with Gasteiger partial charge < -0.3 is 39.1 Å². The van der Waals surface area contributed by atoms with E-state index in [4.69, 9.17) is 28.4 Å². The van der Waals surface area contributed by atoms with Crippen molar-refractivity contribution in [1.29, 1.82) is 0 Å². The van der Waals surface area contributed by atoms with Gasteiger partial charge in [0.25, 0.3) is 11.8 Å². The number of amides is 2. The molecule has 1 aliphatic rings. The average Bonchev–Trinajstić information content (AvgIpc) is 0.757. The summed E-state index contributed by atoms with van der Waals surface area (Å²) >= 11 is 0. The highest BCUT2D eigenvalue weighted by atomic mass is 16.7. The van der Waals surface area contributed by atoms with Crippen LogP contribution in [-0.2, 0) is 79.5 Å². The molecule has 0 aliphatic heterocycles. The maximum Gasteiger partial charge on any atom is 0.514 e. The minimum absolute atomic E-state index is 0.156. The molecule has 1 aliphatic carbocycles. The van der Waals surface area contributed by atoms with Crippen LogP contribution < -0.4 is 29.6 Å². The predicted molar refractivity (Wildman–Crippen MR) is 420 cm³/mol. The number of carbonyl (C=O) groups excluding carboxylic acids is 4. The van der Waals surface area contributed by atoms with Crippen LogP contribution in [0.2, 0.25) is 0 Å². The fraction of sp³-hybridized carbons (Fsp3) is 0.348. The highest BCUT2D eigenvalue weighted by Crippen LogP contribution is 2.46. The summed E-state index contributed by atoms with van der Waals surface area (Å²) in [6, 6.07) is 55.3.